The van der Waals surface area contributed by atoms with Crippen molar-refractivity contribution in [2.45, 2.75) is 32.1 Å². The smallest absolute Gasteiger partial charge is 0.152 e. The number of aliphatic hydroxyl groups excluding tert-OH is 1. The number of hydrogen-bond donors (Lipinski definition) is 1. The third-order valence-corrected chi connectivity index (χ3v) is 4.60. The molecule has 1 N–H and O–H groups in total. The van der Waals surface area contributed by atoms with Gasteiger partial charge in [-0.2, -0.15) is 0 Å². The molecule has 0 radical (unpaired) electrons. The van der Waals surface area contributed by atoms with Gasteiger partial charge in [-0.15, -0.1) is 0 Å². The van der Waals surface area contributed by atoms with Crippen molar-refractivity contribution in [1.29, 1.82) is 0 Å². The minimum Gasteiger partial charge on any atom is -0.387 e. The van der Waals surface area contributed by atoms with Crippen molar-refractivity contribution in [3.05, 3.63) is 34.9 Å². The average Bonchev–Trinajstić information content (AvgIpc) is 2.18. The van der Waals surface area contributed by atoms with E-state index >= 15 is 0 Å². The lowest BCUT2D eigenvalue weighted by Gasteiger charge is -2.18. The highest BCUT2D eigenvalue weighted by molar-refractivity contribution is 7.91. The van der Waals surface area contributed by atoms with Gasteiger partial charge in [0.15, 0.2) is 9.84 Å². The van der Waals surface area contributed by atoms with E-state index < -0.39 is 21.2 Å². The minimum atomic E-state index is -3.22. The van der Waals surface area contributed by atoms with Crippen molar-refractivity contribution in [2.75, 3.05) is 6.26 Å². The predicted octanol–water partition coefficient (Wildman–Crippen LogP) is 1.77. The summed E-state index contributed by atoms with van der Waals surface area (Å²) in [6, 6.07) is 5.50. The molecular formula is C12H18O3S. The van der Waals surface area contributed by atoms with E-state index in [2.05, 4.69) is 0 Å². The summed E-state index contributed by atoms with van der Waals surface area (Å²) in [5, 5.41) is 9.18. The molecular weight excluding hydrogens is 224 g/mol. The third kappa shape index (κ3) is 2.83. The standard InChI is InChI=1S/C12H18O3S/c1-8-5-6-11(7-9(8)2)12(13)10(3)16(4,14)15/h5-7,10,12-13H,1-4H3. The van der Waals surface area contributed by atoms with Crippen LogP contribution in [-0.4, -0.2) is 25.0 Å². The molecule has 0 amide bonds. The van der Waals surface area contributed by atoms with Gasteiger partial charge in [-0.25, -0.2) is 8.42 Å². The van der Waals surface area contributed by atoms with Crippen LogP contribution >= 0.6 is 0 Å². The first kappa shape index (κ1) is 13.2. The van der Waals surface area contributed by atoms with Crippen molar-refractivity contribution in [3.8, 4) is 0 Å². The van der Waals surface area contributed by atoms with E-state index in [1.807, 2.05) is 26.0 Å². The maximum Gasteiger partial charge on any atom is 0.152 e. The third-order valence-electron chi connectivity index (χ3n) is 2.99. The van der Waals surface area contributed by atoms with Gasteiger partial charge < -0.3 is 5.11 Å². The Labute approximate surface area is 97.0 Å². The molecule has 16 heavy (non-hydrogen) atoms. The second-order valence-electron chi connectivity index (χ2n) is 4.32. The Morgan fingerprint density at radius 2 is 1.75 bits per heavy atom. The molecule has 0 aliphatic heterocycles. The second kappa shape index (κ2) is 4.55. The molecule has 0 bridgehead atoms. The molecule has 0 saturated carbocycles. The van der Waals surface area contributed by atoms with Crippen molar-refractivity contribution in [3.63, 3.8) is 0 Å². The van der Waals surface area contributed by atoms with Crippen LogP contribution in [0.25, 0.3) is 0 Å². The topological polar surface area (TPSA) is 54.4 Å². The SMILES string of the molecule is Cc1ccc(C(O)C(C)S(C)(=O)=O)cc1C. The number of sulfone groups is 1. The van der Waals surface area contributed by atoms with Gasteiger partial charge in [0.05, 0.1) is 11.4 Å². The quantitative estimate of drug-likeness (QED) is 0.879. The molecule has 0 aliphatic rings. The summed E-state index contributed by atoms with van der Waals surface area (Å²) in [6.07, 6.45) is 0.177. The molecule has 4 heteroatoms. The van der Waals surface area contributed by atoms with Crippen LogP contribution in [0.5, 0.6) is 0 Å². The van der Waals surface area contributed by atoms with Crippen molar-refractivity contribution >= 4 is 9.84 Å². The largest absolute Gasteiger partial charge is 0.387 e. The Morgan fingerprint density at radius 3 is 2.19 bits per heavy atom. The van der Waals surface area contributed by atoms with Gasteiger partial charge in [-0.3, -0.25) is 0 Å². The molecule has 1 aromatic carbocycles. The molecule has 0 heterocycles. The van der Waals surface area contributed by atoms with Gasteiger partial charge in [0.2, 0.25) is 0 Å². The number of rotatable bonds is 3. The molecule has 0 spiro atoms. The monoisotopic (exact) mass is 242 g/mol. The molecule has 2 atom stereocenters. The van der Waals surface area contributed by atoms with Crippen LogP contribution in [0.4, 0.5) is 0 Å². The van der Waals surface area contributed by atoms with E-state index in [4.69, 9.17) is 0 Å². The Morgan fingerprint density at radius 1 is 1.19 bits per heavy atom. The zero-order valence-corrected chi connectivity index (χ0v) is 10.9. The van der Waals surface area contributed by atoms with E-state index in [1.54, 1.807) is 6.07 Å². The van der Waals surface area contributed by atoms with Crippen LogP contribution in [0.2, 0.25) is 0 Å². The summed E-state index contributed by atoms with van der Waals surface area (Å²) in [7, 11) is -3.22. The molecule has 0 fully saturated rings. The summed E-state index contributed by atoms with van der Waals surface area (Å²) >= 11 is 0. The fourth-order valence-corrected chi connectivity index (χ4v) is 2.08. The molecule has 1 rings (SSSR count). The van der Waals surface area contributed by atoms with Gasteiger partial charge in [0, 0.05) is 6.26 Å². The van der Waals surface area contributed by atoms with E-state index in [0.29, 0.717) is 5.56 Å². The first-order valence-corrected chi connectivity index (χ1v) is 7.13. The van der Waals surface area contributed by atoms with Crippen molar-refractivity contribution in [1.82, 2.24) is 0 Å². The van der Waals surface area contributed by atoms with Gasteiger partial charge in [-0.1, -0.05) is 18.2 Å². The molecule has 0 aliphatic carbocycles. The zero-order chi connectivity index (χ0) is 12.5. The Balaban J connectivity index is 3.06. The molecule has 1 aromatic rings. The normalized spacial score (nSPS) is 15.8. The summed E-state index contributed by atoms with van der Waals surface area (Å²) in [4.78, 5) is 0. The minimum absolute atomic E-state index is 0.654. The van der Waals surface area contributed by atoms with Crippen LogP contribution in [0, 0.1) is 13.8 Å². The molecule has 2 unspecified atom stereocenters. The highest BCUT2D eigenvalue weighted by atomic mass is 32.2. The highest BCUT2D eigenvalue weighted by Crippen LogP contribution is 2.23. The summed E-state index contributed by atoms with van der Waals surface area (Å²) in [5.41, 5.74) is 2.83. The number of benzene rings is 1. The second-order valence-corrected chi connectivity index (χ2v) is 6.73. The summed E-state index contributed by atoms with van der Waals surface area (Å²) in [6.45, 7) is 5.44. The van der Waals surface area contributed by atoms with Crippen LogP contribution in [0.3, 0.4) is 0 Å². The van der Waals surface area contributed by atoms with Crippen LogP contribution in [-0.2, 0) is 9.84 Å². The van der Waals surface area contributed by atoms with E-state index in [1.165, 1.54) is 6.92 Å². The van der Waals surface area contributed by atoms with Crippen molar-refractivity contribution < 1.29 is 13.5 Å². The first-order chi connectivity index (χ1) is 7.23. The van der Waals surface area contributed by atoms with Gasteiger partial charge in [-0.05, 0) is 37.5 Å². The number of hydrogen-bond acceptors (Lipinski definition) is 3. The zero-order valence-electron chi connectivity index (χ0n) is 10.1. The summed E-state index contributed by atoms with van der Waals surface area (Å²) in [5.74, 6) is 0. The van der Waals surface area contributed by atoms with Crippen LogP contribution < -0.4 is 0 Å². The predicted molar refractivity (Wildman–Crippen MR) is 65.2 cm³/mol. The number of aryl methyl sites for hydroxylation is 2. The average molecular weight is 242 g/mol. The molecule has 90 valence electrons. The molecule has 0 aromatic heterocycles. The van der Waals surface area contributed by atoms with Gasteiger partial charge in [0.1, 0.15) is 0 Å². The maximum atomic E-state index is 11.3. The molecule has 3 nitrogen and oxygen atoms in total. The van der Waals surface area contributed by atoms with Crippen LogP contribution in [0.1, 0.15) is 29.7 Å². The lowest BCUT2D eigenvalue weighted by molar-refractivity contribution is 0.176. The lowest BCUT2D eigenvalue weighted by Crippen LogP contribution is -2.24. The lowest BCUT2D eigenvalue weighted by atomic mass is 10.0. The maximum absolute atomic E-state index is 11.3. The summed E-state index contributed by atoms with van der Waals surface area (Å²) < 4.78 is 22.7. The van der Waals surface area contributed by atoms with Crippen LogP contribution in [0.15, 0.2) is 18.2 Å². The Hall–Kier alpha value is -0.870. The Bertz CT molecular complexity index is 477. The van der Waals surface area contributed by atoms with E-state index in [0.717, 1.165) is 17.4 Å². The van der Waals surface area contributed by atoms with E-state index in [-0.39, 0.29) is 0 Å². The first-order valence-electron chi connectivity index (χ1n) is 5.17. The van der Waals surface area contributed by atoms with Crippen molar-refractivity contribution in [2.24, 2.45) is 0 Å². The Kier molecular flexibility index (Phi) is 3.76. The fourth-order valence-electron chi connectivity index (χ4n) is 1.45. The van der Waals surface area contributed by atoms with E-state index in [9.17, 15) is 13.5 Å². The van der Waals surface area contributed by atoms with Gasteiger partial charge >= 0.3 is 0 Å². The number of aliphatic hydroxyl groups is 1. The fraction of sp³-hybridized carbons (Fsp3) is 0.500. The highest BCUT2D eigenvalue weighted by Gasteiger charge is 2.25. The van der Waals surface area contributed by atoms with Gasteiger partial charge in [0.25, 0.3) is 0 Å². The molecule has 0 saturated heterocycles.